The standard InChI is InChI=1S/C28H23BrO10/c1-39-24(34)23(33)26(36,20(30)17-11-5-2-6-12-17)28(38,22(32)19-15-9-4-10-16-19)27(37,25(29)35)21(31)18-13-7-3-8-14-18/h2-16,23,33,36-38H,1H3. The van der Waals surface area contributed by atoms with E-state index in [2.05, 4.69) is 20.7 Å². The molecule has 0 spiro atoms. The molecule has 3 aromatic carbocycles. The molecule has 0 aliphatic carbocycles. The summed E-state index contributed by atoms with van der Waals surface area (Å²) in [5, 5.41) is 47.0. The highest BCUT2D eigenvalue weighted by Gasteiger charge is 2.77. The molecule has 3 aromatic rings. The van der Waals surface area contributed by atoms with Crippen LogP contribution in [-0.4, -0.2) is 78.5 Å². The first kappa shape index (κ1) is 29.7. The van der Waals surface area contributed by atoms with Gasteiger partial charge in [-0.15, -0.1) is 0 Å². The van der Waals surface area contributed by atoms with Gasteiger partial charge in [-0.3, -0.25) is 19.2 Å². The van der Waals surface area contributed by atoms with Crippen LogP contribution in [0.2, 0.25) is 0 Å². The normalized spacial score (nSPS) is 16.5. The Morgan fingerprint density at radius 2 is 1.03 bits per heavy atom. The monoisotopic (exact) mass is 598 g/mol. The molecule has 0 fully saturated rings. The number of rotatable bonds is 11. The minimum atomic E-state index is -4.23. The Morgan fingerprint density at radius 1 is 0.667 bits per heavy atom. The van der Waals surface area contributed by atoms with Gasteiger partial charge in [-0.1, -0.05) is 91.0 Å². The molecule has 4 unspecified atom stereocenters. The zero-order valence-electron chi connectivity index (χ0n) is 20.4. The third kappa shape index (κ3) is 4.75. The fourth-order valence-electron chi connectivity index (χ4n) is 4.18. The summed E-state index contributed by atoms with van der Waals surface area (Å²) in [6.45, 7) is 0. The molecule has 0 radical (unpaired) electrons. The first-order chi connectivity index (χ1) is 18.4. The number of halogens is 1. The highest BCUT2D eigenvalue weighted by Crippen LogP contribution is 2.44. The largest absolute Gasteiger partial charge is 0.467 e. The van der Waals surface area contributed by atoms with Gasteiger partial charge in [0, 0.05) is 16.7 Å². The van der Waals surface area contributed by atoms with E-state index in [0.717, 1.165) is 43.5 Å². The molecular formula is C28H23BrO10. The van der Waals surface area contributed by atoms with Crippen molar-refractivity contribution in [2.75, 3.05) is 7.11 Å². The van der Waals surface area contributed by atoms with Crippen molar-refractivity contribution in [2.45, 2.75) is 22.9 Å². The number of benzene rings is 3. The maximum absolute atomic E-state index is 14.0. The third-order valence-electron chi connectivity index (χ3n) is 6.29. The van der Waals surface area contributed by atoms with Crippen molar-refractivity contribution in [3.05, 3.63) is 108 Å². The lowest BCUT2D eigenvalue weighted by molar-refractivity contribution is -0.213. The molecule has 0 saturated carbocycles. The molecule has 0 bridgehead atoms. The molecule has 202 valence electrons. The molecule has 4 N–H and O–H groups in total. The molecule has 10 nitrogen and oxygen atoms in total. The average Bonchev–Trinajstić information content (AvgIpc) is 2.98. The lowest BCUT2D eigenvalue weighted by atomic mass is 9.60. The third-order valence-corrected chi connectivity index (χ3v) is 6.86. The number of carbonyl (C=O) groups is 5. The lowest BCUT2D eigenvalue weighted by Crippen LogP contribution is -2.82. The van der Waals surface area contributed by atoms with E-state index in [-0.39, 0.29) is 0 Å². The molecule has 4 atom stereocenters. The van der Waals surface area contributed by atoms with Crippen molar-refractivity contribution in [2.24, 2.45) is 0 Å². The Bertz CT molecular complexity index is 1400. The van der Waals surface area contributed by atoms with Crippen molar-refractivity contribution in [3.8, 4) is 0 Å². The molecule has 3 rings (SSSR count). The highest BCUT2D eigenvalue weighted by atomic mass is 79.9. The number of hydrogen-bond acceptors (Lipinski definition) is 10. The quantitative estimate of drug-likeness (QED) is 0.109. The van der Waals surface area contributed by atoms with Crippen molar-refractivity contribution < 1.29 is 49.1 Å². The van der Waals surface area contributed by atoms with E-state index in [1.54, 1.807) is 0 Å². The average molecular weight is 599 g/mol. The van der Waals surface area contributed by atoms with Crippen molar-refractivity contribution in [3.63, 3.8) is 0 Å². The molecule has 0 heterocycles. The summed E-state index contributed by atoms with van der Waals surface area (Å²) in [5.41, 5.74) is -13.7. The summed E-state index contributed by atoms with van der Waals surface area (Å²) in [4.78, 5) is 67.2. The number of esters is 1. The van der Waals surface area contributed by atoms with Gasteiger partial charge in [0.25, 0.3) is 0 Å². The number of aliphatic hydroxyl groups is 4. The first-order valence-electron chi connectivity index (χ1n) is 11.3. The number of aliphatic hydroxyl groups excluding tert-OH is 1. The smallest absolute Gasteiger partial charge is 0.338 e. The van der Waals surface area contributed by atoms with Crippen LogP contribution in [0.1, 0.15) is 31.1 Å². The van der Waals surface area contributed by atoms with Crippen LogP contribution < -0.4 is 0 Å². The van der Waals surface area contributed by atoms with Crippen LogP contribution >= 0.6 is 15.9 Å². The van der Waals surface area contributed by atoms with E-state index in [4.69, 9.17) is 0 Å². The number of methoxy groups -OCH3 is 1. The second kappa shape index (κ2) is 11.5. The fourth-order valence-corrected chi connectivity index (χ4v) is 4.65. The zero-order chi connectivity index (χ0) is 29.0. The number of ether oxygens (including phenoxy) is 1. The van der Waals surface area contributed by atoms with Crippen LogP contribution in [0.4, 0.5) is 0 Å². The van der Waals surface area contributed by atoms with E-state index in [1.165, 1.54) is 54.6 Å². The molecule has 0 aromatic heterocycles. The van der Waals surface area contributed by atoms with E-state index >= 15 is 0 Å². The van der Waals surface area contributed by atoms with E-state index < -0.39 is 67.6 Å². The highest BCUT2D eigenvalue weighted by molar-refractivity contribution is 9.18. The zero-order valence-corrected chi connectivity index (χ0v) is 21.9. The molecule has 0 aliphatic rings. The van der Waals surface area contributed by atoms with Crippen LogP contribution in [0.5, 0.6) is 0 Å². The van der Waals surface area contributed by atoms with Crippen LogP contribution in [0.15, 0.2) is 91.0 Å². The van der Waals surface area contributed by atoms with Crippen LogP contribution in [0, 0.1) is 0 Å². The summed E-state index contributed by atoms with van der Waals surface area (Å²) in [6.07, 6.45) is -3.09. The van der Waals surface area contributed by atoms with Gasteiger partial charge in [0.05, 0.1) is 7.11 Å². The molecule has 0 saturated heterocycles. The van der Waals surface area contributed by atoms with Crippen LogP contribution in [0.25, 0.3) is 0 Å². The summed E-state index contributed by atoms with van der Waals surface area (Å²) in [5.74, 6) is -6.77. The van der Waals surface area contributed by atoms with E-state index in [9.17, 15) is 44.4 Å². The maximum Gasteiger partial charge on any atom is 0.338 e. The second-order valence-electron chi connectivity index (χ2n) is 8.47. The first-order valence-corrected chi connectivity index (χ1v) is 12.1. The molecule has 0 aliphatic heterocycles. The molecule has 11 heteroatoms. The summed E-state index contributed by atoms with van der Waals surface area (Å²) >= 11 is 2.43. The lowest BCUT2D eigenvalue weighted by Gasteiger charge is -2.48. The Morgan fingerprint density at radius 3 is 1.38 bits per heavy atom. The molecule has 39 heavy (non-hydrogen) atoms. The Balaban J connectivity index is 2.51. The Hall–Kier alpha value is -3.87. The minimum Gasteiger partial charge on any atom is -0.467 e. The predicted octanol–water partition coefficient (Wildman–Crippen LogP) is 1.28. The number of hydrogen-bond donors (Lipinski definition) is 4. The summed E-state index contributed by atoms with van der Waals surface area (Å²) < 4.78 is 2.70. The van der Waals surface area contributed by atoms with Crippen LogP contribution in [0.3, 0.4) is 0 Å². The van der Waals surface area contributed by atoms with Crippen molar-refractivity contribution in [1.82, 2.24) is 0 Å². The van der Waals surface area contributed by atoms with Gasteiger partial charge in [0.2, 0.25) is 38.8 Å². The fraction of sp³-hybridized carbons (Fsp3) is 0.179. The number of Topliss-reactive ketones (excluding diaryl/α,β-unsaturated/α-hetero) is 3. The van der Waals surface area contributed by atoms with E-state index in [1.807, 2.05) is 0 Å². The predicted molar refractivity (Wildman–Crippen MR) is 139 cm³/mol. The summed E-state index contributed by atoms with van der Waals surface area (Å²) in [6, 6.07) is 19.1. The topological polar surface area (TPSA) is 176 Å². The van der Waals surface area contributed by atoms with Gasteiger partial charge in [-0.2, -0.15) is 0 Å². The SMILES string of the molecule is COC(=O)C(O)C(O)(C(=O)c1ccccc1)C(O)(C(=O)c1ccccc1)C(O)(C(=O)Br)C(=O)c1ccccc1. The van der Waals surface area contributed by atoms with Crippen molar-refractivity contribution >= 4 is 43.9 Å². The van der Waals surface area contributed by atoms with Gasteiger partial charge in [-0.05, 0) is 15.9 Å². The summed E-state index contributed by atoms with van der Waals surface area (Å²) in [7, 11) is 0.772. The van der Waals surface area contributed by atoms with Gasteiger partial charge in [0.1, 0.15) is 0 Å². The Kier molecular flexibility index (Phi) is 8.74. The molecular weight excluding hydrogens is 576 g/mol. The molecule has 0 amide bonds. The van der Waals surface area contributed by atoms with Gasteiger partial charge in [0.15, 0.2) is 6.10 Å². The second-order valence-corrected chi connectivity index (χ2v) is 9.19. The van der Waals surface area contributed by atoms with Gasteiger partial charge in [-0.25, -0.2) is 4.79 Å². The van der Waals surface area contributed by atoms with Gasteiger partial charge < -0.3 is 25.2 Å². The van der Waals surface area contributed by atoms with Gasteiger partial charge >= 0.3 is 5.97 Å². The minimum absolute atomic E-state index is 0.422. The van der Waals surface area contributed by atoms with Crippen molar-refractivity contribution in [1.29, 1.82) is 0 Å². The number of ketones is 3. The number of carbonyl (C=O) groups excluding carboxylic acids is 5. The Labute approximate surface area is 230 Å². The van der Waals surface area contributed by atoms with E-state index in [0.29, 0.717) is 0 Å². The van der Waals surface area contributed by atoms with Crippen LogP contribution in [-0.2, 0) is 14.3 Å². The maximum atomic E-state index is 14.0.